The smallest absolute Gasteiger partial charge is 0.274 e. The molecule has 0 saturated carbocycles. The van der Waals surface area contributed by atoms with E-state index in [2.05, 4.69) is 4.98 Å². The number of hydrogen-bond acceptors (Lipinski definition) is 3. The van der Waals surface area contributed by atoms with Crippen molar-refractivity contribution < 1.29 is 9.21 Å². The first-order valence-corrected chi connectivity index (χ1v) is 8.24. The number of hydrogen-bond donors (Lipinski definition) is 0. The Kier molecular flexibility index (Phi) is 3.57. The lowest BCUT2D eigenvalue weighted by Crippen LogP contribution is -2.29. The summed E-state index contributed by atoms with van der Waals surface area (Å²) in [4.78, 5) is 19.0. The van der Waals surface area contributed by atoms with Crippen LogP contribution in [0, 0.1) is 6.92 Å². The second-order valence-electron chi connectivity index (χ2n) is 6.37. The van der Waals surface area contributed by atoms with Crippen LogP contribution >= 0.6 is 0 Å². The molecular formula is C20H19N3O2. The fraction of sp³-hybridized carbons (Fsp3) is 0.200. The Morgan fingerprint density at radius 1 is 1.24 bits per heavy atom. The predicted octanol–water partition coefficient (Wildman–Crippen LogP) is 4.22. The monoisotopic (exact) mass is 333 g/mol. The number of furan rings is 1. The summed E-state index contributed by atoms with van der Waals surface area (Å²) in [7, 11) is 1.77. The highest BCUT2D eigenvalue weighted by atomic mass is 16.3. The Hall–Kier alpha value is -3.08. The molecule has 0 aliphatic rings. The van der Waals surface area contributed by atoms with Crippen LogP contribution in [0.15, 0.2) is 59.3 Å². The summed E-state index contributed by atoms with van der Waals surface area (Å²) < 4.78 is 7.75. The molecule has 3 heterocycles. The highest BCUT2D eigenvalue weighted by Gasteiger charge is 2.23. The normalized spacial score (nSPS) is 12.6. The van der Waals surface area contributed by atoms with Crippen molar-refractivity contribution in [3.63, 3.8) is 0 Å². The van der Waals surface area contributed by atoms with Gasteiger partial charge < -0.3 is 13.7 Å². The second-order valence-corrected chi connectivity index (χ2v) is 6.37. The van der Waals surface area contributed by atoms with Crippen molar-refractivity contribution in [2.24, 2.45) is 0 Å². The number of benzene rings is 1. The number of carbonyl (C=O) groups is 1. The maximum absolute atomic E-state index is 12.8. The fourth-order valence-corrected chi connectivity index (χ4v) is 2.94. The molecule has 5 heteroatoms. The largest absolute Gasteiger partial charge is 0.459 e. The number of nitrogens with zero attached hydrogens (tertiary/aromatic N) is 3. The zero-order valence-electron chi connectivity index (χ0n) is 14.4. The second kappa shape index (κ2) is 5.77. The third-order valence-electron chi connectivity index (χ3n) is 4.59. The van der Waals surface area contributed by atoms with Gasteiger partial charge in [0.05, 0.1) is 6.04 Å². The summed E-state index contributed by atoms with van der Waals surface area (Å²) in [6.07, 6.45) is 3.68. The van der Waals surface area contributed by atoms with E-state index < -0.39 is 0 Å². The number of pyridine rings is 1. The van der Waals surface area contributed by atoms with E-state index in [0.717, 1.165) is 27.9 Å². The molecule has 126 valence electrons. The van der Waals surface area contributed by atoms with E-state index >= 15 is 0 Å². The van der Waals surface area contributed by atoms with Gasteiger partial charge in [-0.2, -0.15) is 0 Å². The summed E-state index contributed by atoms with van der Waals surface area (Å²) >= 11 is 0. The highest BCUT2D eigenvalue weighted by molar-refractivity contribution is 5.93. The van der Waals surface area contributed by atoms with Crippen LogP contribution in [0.1, 0.15) is 34.8 Å². The van der Waals surface area contributed by atoms with E-state index in [0.29, 0.717) is 5.69 Å². The molecule has 1 aromatic carbocycles. The number of imidazole rings is 1. The van der Waals surface area contributed by atoms with Crippen LogP contribution in [0.2, 0.25) is 0 Å². The first-order chi connectivity index (χ1) is 12.0. The van der Waals surface area contributed by atoms with Crippen molar-refractivity contribution in [3.05, 3.63) is 71.9 Å². The molecule has 3 aromatic heterocycles. The first kappa shape index (κ1) is 15.4. The van der Waals surface area contributed by atoms with E-state index in [-0.39, 0.29) is 11.9 Å². The van der Waals surface area contributed by atoms with Crippen LogP contribution in [0.5, 0.6) is 0 Å². The van der Waals surface area contributed by atoms with Gasteiger partial charge in [-0.05, 0) is 43.7 Å². The van der Waals surface area contributed by atoms with Crippen LogP contribution in [0.4, 0.5) is 0 Å². The minimum Gasteiger partial charge on any atom is -0.459 e. The van der Waals surface area contributed by atoms with E-state index in [1.165, 1.54) is 0 Å². The Bertz CT molecular complexity index is 1040. The van der Waals surface area contributed by atoms with Gasteiger partial charge in [0.25, 0.3) is 5.91 Å². The van der Waals surface area contributed by atoms with Gasteiger partial charge in [-0.15, -0.1) is 0 Å². The maximum Gasteiger partial charge on any atom is 0.274 e. The Balaban J connectivity index is 1.63. The van der Waals surface area contributed by atoms with E-state index in [9.17, 15) is 4.79 Å². The topological polar surface area (TPSA) is 50.8 Å². The van der Waals surface area contributed by atoms with Crippen molar-refractivity contribution in [2.75, 3.05) is 7.05 Å². The van der Waals surface area contributed by atoms with Gasteiger partial charge in [0.1, 0.15) is 22.7 Å². The van der Waals surface area contributed by atoms with Crippen LogP contribution in [-0.4, -0.2) is 27.2 Å². The van der Waals surface area contributed by atoms with E-state index in [4.69, 9.17) is 4.42 Å². The molecule has 0 spiro atoms. The van der Waals surface area contributed by atoms with Gasteiger partial charge in [0.15, 0.2) is 0 Å². The van der Waals surface area contributed by atoms with Gasteiger partial charge in [0.2, 0.25) is 0 Å². The van der Waals surface area contributed by atoms with Crippen molar-refractivity contribution in [1.29, 1.82) is 0 Å². The van der Waals surface area contributed by atoms with Crippen molar-refractivity contribution in [2.45, 2.75) is 19.9 Å². The van der Waals surface area contributed by atoms with Gasteiger partial charge in [-0.3, -0.25) is 4.79 Å². The molecule has 0 saturated heterocycles. The lowest BCUT2D eigenvalue weighted by molar-refractivity contribution is 0.0722. The highest BCUT2D eigenvalue weighted by Crippen LogP contribution is 2.27. The van der Waals surface area contributed by atoms with Crippen molar-refractivity contribution in [3.8, 4) is 0 Å². The average Bonchev–Trinajstić information content (AvgIpc) is 3.23. The minimum absolute atomic E-state index is 0.130. The molecule has 0 bridgehead atoms. The molecular weight excluding hydrogens is 314 g/mol. The molecule has 4 aromatic rings. The SMILES string of the molecule is Cc1ccn2cc(C(=O)N(C)C(C)c3cc4ccccc4o3)nc2c1. The summed E-state index contributed by atoms with van der Waals surface area (Å²) in [5, 5.41) is 1.04. The fourth-order valence-electron chi connectivity index (χ4n) is 2.94. The number of fused-ring (bicyclic) bond motifs is 2. The number of aromatic nitrogens is 2. The lowest BCUT2D eigenvalue weighted by Gasteiger charge is -2.22. The molecule has 0 radical (unpaired) electrons. The number of para-hydroxylation sites is 1. The Morgan fingerprint density at radius 2 is 2.04 bits per heavy atom. The molecule has 5 nitrogen and oxygen atoms in total. The Labute approximate surface area is 145 Å². The maximum atomic E-state index is 12.8. The molecule has 0 aliphatic heterocycles. The summed E-state index contributed by atoms with van der Waals surface area (Å²) in [6, 6.07) is 13.6. The van der Waals surface area contributed by atoms with Crippen molar-refractivity contribution >= 4 is 22.5 Å². The minimum atomic E-state index is -0.188. The molecule has 0 aliphatic carbocycles. The molecule has 25 heavy (non-hydrogen) atoms. The number of carbonyl (C=O) groups excluding carboxylic acids is 1. The average molecular weight is 333 g/mol. The van der Waals surface area contributed by atoms with Gasteiger partial charge in [-0.1, -0.05) is 18.2 Å². The molecule has 0 fully saturated rings. The van der Waals surface area contributed by atoms with Crippen LogP contribution < -0.4 is 0 Å². The van der Waals surface area contributed by atoms with E-state index in [1.54, 1.807) is 18.1 Å². The number of rotatable bonds is 3. The van der Waals surface area contributed by atoms with Crippen LogP contribution in [0.25, 0.3) is 16.6 Å². The zero-order valence-corrected chi connectivity index (χ0v) is 14.4. The number of amides is 1. The lowest BCUT2D eigenvalue weighted by atomic mass is 10.2. The Morgan fingerprint density at radius 3 is 2.84 bits per heavy atom. The molecule has 4 rings (SSSR count). The predicted molar refractivity (Wildman–Crippen MR) is 96.7 cm³/mol. The zero-order chi connectivity index (χ0) is 17.6. The van der Waals surface area contributed by atoms with Crippen LogP contribution in [0.3, 0.4) is 0 Å². The third kappa shape index (κ3) is 2.67. The van der Waals surface area contributed by atoms with Gasteiger partial charge in [-0.25, -0.2) is 4.98 Å². The van der Waals surface area contributed by atoms with Crippen molar-refractivity contribution in [1.82, 2.24) is 14.3 Å². The van der Waals surface area contributed by atoms with Gasteiger partial charge in [0, 0.05) is 24.8 Å². The first-order valence-electron chi connectivity index (χ1n) is 8.24. The molecule has 0 N–H and O–H groups in total. The standard InChI is InChI=1S/C20H19N3O2/c1-13-8-9-23-12-16(21-19(23)10-13)20(24)22(3)14(2)18-11-15-6-4-5-7-17(15)25-18/h4-12,14H,1-3H3. The van der Waals surface area contributed by atoms with Gasteiger partial charge >= 0.3 is 0 Å². The quantitative estimate of drug-likeness (QED) is 0.564. The molecule has 1 amide bonds. The summed E-state index contributed by atoms with van der Waals surface area (Å²) in [6.45, 7) is 3.96. The molecule has 1 atom stereocenters. The van der Waals surface area contributed by atoms with Crippen LogP contribution in [-0.2, 0) is 0 Å². The van der Waals surface area contributed by atoms with E-state index in [1.807, 2.05) is 66.9 Å². The summed E-state index contributed by atoms with van der Waals surface area (Å²) in [5.41, 5.74) is 3.14. The molecule has 1 unspecified atom stereocenters. The summed E-state index contributed by atoms with van der Waals surface area (Å²) in [5.74, 6) is 0.631. The third-order valence-corrected chi connectivity index (χ3v) is 4.59. The number of aryl methyl sites for hydroxylation is 1.